The minimum atomic E-state index is 0.758. The van der Waals surface area contributed by atoms with Crippen LogP contribution in [0.25, 0.3) is 11.0 Å². The van der Waals surface area contributed by atoms with E-state index in [-0.39, 0.29) is 0 Å². The fourth-order valence-corrected chi connectivity index (χ4v) is 3.48. The maximum absolute atomic E-state index is 5.99. The molecule has 1 aromatic heterocycles. The zero-order valence-electron chi connectivity index (χ0n) is 12.2. The van der Waals surface area contributed by atoms with Gasteiger partial charge in [-0.15, -0.1) is 0 Å². The van der Waals surface area contributed by atoms with Crippen LogP contribution in [-0.4, -0.2) is 6.04 Å². The first-order chi connectivity index (χ1) is 9.86. The predicted molar refractivity (Wildman–Crippen MR) is 81.7 cm³/mol. The van der Waals surface area contributed by atoms with Gasteiger partial charge in [0.1, 0.15) is 11.3 Å². The second-order valence-electron chi connectivity index (χ2n) is 6.44. The van der Waals surface area contributed by atoms with Crippen molar-refractivity contribution in [2.45, 2.75) is 51.6 Å². The summed E-state index contributed by atoms with van der Waals surface area (Å²) in [5, 5.41) is 5.15. The number of hydrogen-bond donors (Lipinski definition) is 1. The van der Waals surface area contributed by atoms with Crippen molar-refractivity contribution in [2.75, 3.05) is 0 Å². The van der Waals surface area contributed by atoms with E-state index >= 15 is 0 Å². The van der Waals surface area contributed by atoms with Crippen LogP contribution >= 0.6 is 0 Å². The monoisotopic (exact) mass is 269 g/mol. The lowest BCUT2D eigenvalue weighted by Crippen LogP contribution is -2.32. The molecule has 1 heterocycles. The van der Waals surface area contributed by atoms with Crippen molar-refractivity contribution < 1.29 is 4.42 Å². The van der Waals surface area contributed by atoms with Gasteiger partial charge in [0.25, 0.3) is 0 Å². The SMILES string of the molecule is CCc1oc2ccccc2c1CNC(C1CC1)C1CC1. The second-order valence-corrected chi connectivity index (χ2v) is 6.44. The van der Waals surface area contributed by atoms with Gasteiger partial charge in [-0.05, 0) is 43.6 Å². The van der Waals surface area contributed by atoms with Crippen molar-refractivity contribution in [1.82, 2.24) is 5.32 Å². The maximum Gasteiger partial charge on any atom is 0.134 e. The number of nitrogens with one attached hydrogen (secondary N) is 1. The second kappa shape index (κ2) is 4.92. The first-order valence-corrected chi connectivity index (χ1v) is 8.09. The molecular formula is C18H23NO. The molecule has 4 rings (SSSR count). The lowest BCUT2D eigenvalue weighted by atomic mass is 10.1. The topological polar surface area (TPSA) is 25.2 Å². The van der Waals surface area contributed by atoms with Crippen molar-refractivity contribution in [3.63, 3.8) is 0 Å². The molecule has 2 aliphatic rings. The molecule has 0 amide bonds. The zero-order chi connectivity index (χ0) is 13.5. The van der Waals surface area contributed by atoms with Gasteiger partial charge in [-0.2, -0.15) is 0 Å². The van der Waals surface area contributed by atoms with Crippen LogP contribution in [0.4, 0.5) is 0 Å². The minimum Gasteiger partial charge on any atom is -0.461 e. The van der Waals surface area contributed by atoms with Gasteiger partial charge in [-0.1, -0.05) is 25.1 Å². The molecule has 0 saturated heterocycles. The van der Waals surface area contributed by atoms with Gasteiger partial charge >= 0.3 is 0 Å². The Morgan fingerprint density at radius 1 is 1.15 bits per heavy atom. The number of hydrogen-bond acceptors (Lipinski definition) is 2. The van der Waals surface area contributed by atoms with Gasteiger partial charge in [-0.3, -0.25) is 0 Å². The van der Waals surface area contributed by atoms with Crippen LogP contribution in [0, 0.1) is 11.8 Å². The number of furan rings is 1. The number of rotatable bonds is 6. The Kier molecular flexibility index (Phi) is 3.07. The highest BCUT2D eigenvalue weighted by Crippen LogP contribution is 2.44. The van der Waals surface area contributed by atoms with Gasteiger partial charge in [0.2, 0.25) is 0 Å². The van der Waals surface area contributed by atoms with Crippen molar-refractivity contribution >= 4 is 11.0 Å². The van der Waals surface area contributed by atoms with Crippen LogP contribution in [0.2, 0.25) is 0 Å². The average molecular weight is 269 g/mol. The van der Waals surface area contributed by atoms with Gasteiger partial charge in [0.15, 0.2) is 0 Å². The van der Waals surface area contributed by atoms with Crippen LogP contribution in [-0.2, 0) is 13.0 Å². The summed E-state index contributed by atoms with van der Waals surface area (Å²) in [6, 6.07) is 9.20. The third-order valence-electron chi connectivity index (χ3n) is 4.88. The molecule has 0 bridgehead atoms. The van der Waals surface area contributed by atoms with Crippen LogP contribution < -0.4 is 5.32 Å². The normalized spacial score (nSPS) is 19.1. The zero-order valence-corrected chi connectivity index (χ0v) is 12.2. The summed E-state index contributed by atoms with van der Waals surface area (Å²) >= 11 is 0. The quantitative estimate of drug-likeness (QED) is 0.847. The largest absolute Gasteiger partial charge is 0.461 e. The standard InChI is InChI=1S/C18H23NO/c1-2-16-15(14-5-3-4-6-17(14)20-16)11-19-18(12-7-8-12)13-9-10-13/h3-6,12-13,18-19H,2,7-11H2,1H3. The molecule has 2 heteroatoms. The molecular weight excluding hydrogens is 246 g/mol. The third kappa shape index (κ3) is 2.26. The summed E-state index contributed by atoms with van der Waals surface area (Å²) in [6.07, 6.45) is 6.70. The highest BCUT2D eigenvalue weighted by molar-refractivity contribution is 5.82. The van der Waals surface area contributed by atoms with Crippen LogP contribution in [0.5, 0.6) is 0 Å². The fourth-order valence-electron chi connectivity index (χ4n) is 3.48. The Morgan fingerprint density at radius 2 is 1.85 bits per heavy atom. The third-order valence-corrected chi connectivity index (χ3v) is 4.88. The summed E-state index contributed by atoms with van der Waals surface area (Å²) in [7, 11) is 0. The molecule has 2 saturated carbocycles. The van der Waals surface area contributed by atoms with E-state index in [1.807, 2.05) is 0 Å². The van der Waals surface area contributed by atoms with Crippen molar-refractivity contribution in [2.24, 2.45) is 11.8 Å². The Balaban J connectivity index is 1.57. The lowest BCUT2D eigenvalue weighted by Gasteiger charge is -2.17. The molecule has 20 heavy (non-hydrogen) atoms. The summed E-state index contributed by atoms with van der Waals surface area (Å²) in [5.41, 5.74) is 2.42. The molecule has 2 aromatic rings. The molecule has 2 fully saturated rings. The van der Waals surface area contributed by atoms with E-state index in [9.17, 15) is 0 Å². The van der Waals surface area contributed by atoms with Crippen molar-refractivity contribution in [3.8, 4) is 0 Å². The predicted octanol–water partition coefficient (Wildman–Crippen LogP) is 4.27. The Bertz CT molecular complexity index is 595. The number of benzene rings is 1. The van der Waals surface area contributed by atoms with Gasteiger partial charge < -0.3 is 9.73 Å². The fraction of sp³-hybridized carbons (Fsp3) is 0.556. The molecule has 2 nitrogen and oxygen atoms in total. The van der Waals surface area contributed by atoms with E-state index in [0.29, 0.717) is 0 Å². The van der Waals surface area contributed by atoms with E-state index in [0.717, 1.165) is 42.2 Å². The molecule has 1 N–H and O–H groups in total. The number of fused-ring (bicyclic) bond motifs is 1. The molecule has 0 atom stereocenters. The minimum absolute atomic E-state index is 0.758. The van der Waals surface area contributed by atoms with Crippen LogP contribution in [0.15, 0.2) is 28.7 Å². The summed E-state index contributed by atoms with van der Waals surface area (Å²) in [4.78, 5) is 0. The molecule has 0 aliphatic heterocycles. The van der Waals surface area contributed by atoms with E-state index in [2.05, 4.69) is 36.5 Å². The number of para-hydroxylation sites is 1. The first-order valence-electron chi connectivity index (χ1n) is 8.09. The van der Waals surface area contributed by atoms with E-state index in [1.165, 1.54) is 36.6 Å². The summed E-state index contributed by atoms with van der Waals surface area (Å²) in [6.45, 7) is 3.15. The Hall–Kier alpha value is -1.28. The molecule has 1 aromatic carbocycles. The number of aryl methyl sites for hydroxylation is 1. The highest BCUT2D eigenvalue weighted by Gasteiger charge is 2.41. The molecule has 0 spiro atoms. The summed E-state index contributed by atoms with van der Waals surface area (Å²) < 4.78 is 5.99. The van der Waals surface area contributed by atoms with Crippen LogP contribution in [0.1, 0.15) is 43.9 Å². The highest BCUT2D eigenvalue weighted by atomic mass is 16.3. The molecule has 106 valence electrons. The lowest BCUT2D eigenvalue weighted by molar-refractivity contribution is 0.413. The van der Waals surface area contributed by atoms with Crippen molar-refractivity contribution in [3.05, 3.63) is 35.6 Å². The first kappa shape index (κ1) is 12.5. The van der Waals surface area contributed by atoms with E-state index in [1.54, 1.807) is 0 Å². The Morgan fingerprint density at radius 3 is 2.50 bits per heavy atom. The smallest absolute Gasteiger partial charge is 0.134 e. The van der Waals surface area contributed by atoms with E-state index in [4.69, 9.17) is 4.42 Å². The maximum atomic E-state index is 5.99. The Labute approximate surface area is 120 Å². The molecule has 0 unspecified atom stereocenters. The van der Waals surface area contributed by atoms with Gasteiger partial charge in [0.05, 0.1) is 0 Å². The average Bonchev–Trinajstić information content (AvgIpc) is 3.37. The van der Waals surface area contributed by atoms with Crippen LogP contribution in [0.3, 0.4) is 0 Å². The molecule has 0 radical (unpaired) electrons. The van der Waals surface area contributed by atoms with Gasteiger partial charge in [-0.25, -0.2) is 0 Å². The van der Waals surface area contributed by atoms with Gasteiger partial charge in [0, 0.05) is 30.0 Å². The van der Waals surface area contributed by atoms with E-state index < -0.39 is 0 Å². The molecule has 2 aliphatic carbocycles. The van der Waals surface area contributed by atoms with Crippen molar-refractivity contribution in [1.29, 1.82) is 0 Å². The summed E-state index contributed by atoms with van der Waals surface area (Å²) in [5.74, 6) is 3.06.